The maximum Gasteiger partial charge on any atom is 0.0705 e. The zero-order chi connectivity index (χ0) is 28.8. The van der Waals surface area contributed by atoms with Crippen molar-refractivity contribution >= 4 is 17.1 Å². The summed E-state index contributed by atoms with van der Waals surface area (Å²) in [4.78, 5) is 11.9. The summed E-state index contributed by atoms with van der Waals surface area (Å²) in [6.07, 6.45) is 3.82. The van der Waals surface area contributed by atoms with E-state index in [2.05, 4.69) is 142 Å². The zero-order valence-electron chi connectivity index (χ0n) is 24.5. The molecule has 6 aromatic rings. The largest absolute Gasteiger partial charge is 0.309 e. The van der Waals surface area contributed by atoms with Crippen molar-refractivity contribution in [1.29, 1.82) is 0 Å². The number of anilines is 3. The highest BCUT2D eigenvalue weighted by atomic mass is 15.1. The molecule has 0 saturated heterocycles. The molecule has 0 unspecified atom stereocenters. The number of benzene rings is 4. The van der Waals surface area contributed by atoms with Crippen LogP contribution in [0.2, 0.25) is 0 Å². The standard InChI is InChI=1S/C39H33N3/c1-26-18-20-40-35(22-26)27-10-9-11-30(23-27)42-37-15-8-7-14-33(37)31-12-5-6-13-32(31)34-17-16-28(24-38(34)42)36-25-29(19-21-41-36)39(2,3)4/h5-25H,1-4H3. The molecule has 0 bridgehead atoms. The molecule has 0 radical (unpaired) electrons. The van der Waals surface area contributed by atoms with E-state index in [4.69, 9.17) is 9.97 Å². The number of fused-ring (bicyclic) bond motifs is 5. The van der Waals surface area contributed by atoms with E-state index in [1.165, 1.54) is 33.4 Å². The van der Waals surface area contributed by atoms with Gasteiger partial charge in [-0.1, -0.05) is 87.5 Å². The molecule has 2 aromatic heterocycles. The van der Waals surface area contributed by atoms with Crippen molar-refractivity contribution in [2.75, 3.05) is 4.90 Å². The highest BCUT2D eigenvalue weighted by molar-refractivity contribution is 6.03. The van der Waals surface area contributed by atoms with E-state index in [1.54, 1.807) is 0 Å². The van der Waals surface area contributed by atoms with Crippen molar-refractivity contribution < 1.29 is 0 Å². The Balaban J connectivity index is 1.49. The molecule has 0 amide bonds. The third-order valence-corrected chi connectivity index (χ3v) is 8.13. The fourth-order valence-corrected chi connectivity index (χ4v) is 5.91. The predicted octanol–water partition coefficient (Wildman–Crippen LogP) is 10.5. The Hall–Kier alpha value is -5.02. The smallest absolute Gasteiger partial charge is 0.0705 e. The number of nitrogens with zero attached hydrogens (tertiary/aromatic N) is 3. The lowest BCUT2D eigenvalue weighted by molar-refractivity contribution is 0.589. The number of aromatic nitrogens is 2. The second kappa shape index (κ2) is 10.1. The van der Waals surface area contributed by atoms with E-state index in [-0.39, 0.29) is 5.41 Å². The van der Waals surface area contributed by atoms with Crippen molar-refractivity contribution in [1.82, 2.24) is 9.97 Å². The van der Waals surface area contributed by atoms with Gasteiger partial charge in [0.25, 0.3) is 0 Å². The van der Waals surface area contributed by atoms with Crippen molar-refractivity contribution in [2.45, 2.75) is 33.1 Å². The molecule has 0 fully saturated rings. The molecule has 1 aliphatic rings. The summed E-state index contributed by atoms with van der Waals surface area (Å²) in [5.74, 6) is 0. The fourth-order valence-electron chi connectivity index (χ4n) is 5.91. The van der Waals surface area contributed by atoms with Crippen molar-refractivity contribution in [3.05, 3.63) is 139 Å². The molecule has 0 N–H and O–H groups in total. The third kappa shape index (κ3) is 4.57. The molecule has 3 heterocycles. The van der Waals surface area contributed by atoms with Gasteiger partial charge in [0, 0.05) is 40.3 Å². The van der Waals surface area contributed by atoms with Gasteiger partial charge in [0.1, 0.15) is 0 Å². The second-order valence-corrected chi connectivity index (χ2v) is 12.1. The quantitative estimate of drug-likeness (QED) is 0.222. The molecule has 3 heteroatoms. The van der Waals surface area contributed by atoms with Gasteiger partial charge in [-0.25, -0.2) is 0 Å². The Bertz CT molecular complexity index is 1950. The number of para-hydroxylation sites is 1. The maximum absolute atomic E-state index is 4.82. The molecule has 1 aliphatic heterocycles. The Morgan fingerprint density at radius 3 is 1.90 bits per heavy atom. The van der Waals surface area contributed by atoms with Crippen LogP contribution in [0.15, 0.2) is 128 Å². The molecule has 4 aromatic carbocycles. The summed E-state index contributed by atoms with van der Waals surface area (Å²) >= 11 is 0. The minimum absolute atomic E-state index is 0.0392. The lowest BCUT2D eigenvalue weighted by Gasteiger charge is -2.28. The Morgan fingerprint density at radius 2 is 1.17 bits per heavy atom. The van der Waals surface area contributed by atoms with Crippen LogP contribution < -0.4 is 4.90 Å². The van der Waals surface area contributed by atoms with Crippen LogP contribution in [0.3, 0.4) is 0 Å². The van der Waals surface area contributed by atoms with Crippen LogP contribution >= 0.6 is 0 Å². The summed E-state index contributed by atoms with van der Waals surface area (Å²) in [7, 11) is 0. The van der Waals surface area contributed by atoms with E-state index < -0.39 is 0 Å². The Labute approximate surface area is 248 Å². The first-order valence-electron chi connectivity index (χ1n) is 14.5. The Kier molecular flexibility index (Phi) is 6.24. The molecule has 3 nitrogen and oxygen atoms in total. The van der Waals surface area contributed by atoms with Gasteiger partial charge >= 0.3 is 0 Å². The number of hydrogen-bond acceptors (Lipinski definition) is 3. The van der Waals surface area contributed by atoms with E-state index in [0.717, 1.165) is 39.6 Å². The molecule has 0 spiro atoms. The number of rotatable bonds is 3. The maximum atomic E-state index is 4.82. The summed E-state index contributed by atoms with van der Waals surface area (Å²) in [6, 6.07) is 41.5. The fraction of sp³-hybridized carbons (Fsp3) is 0.128. The first-order valence-corrected chi connectivity index (χ1v) is 14.5. The first kappa shape index (κ1) is 25.9. The average molecular weight is 544 g/mol. The molecule has 0 atom stereocenters. The van der Waals surface area contributed by atoms with E-state index in [1.807, 2.05) is 18.5 Å². The van der Waals surface area contributed by atoms with Gasteiger partial charge < -0.3 is 4.90 Å². The second-order valence-electron chi connectivity index (χ2n) is 12.1. The van der Waals surface area contributed by atoms with Crippen molar-refractivity contribution in [2.24, 2.45) is 0 Å². The van der Waals surface area contributed by atoms with Crippen LogP contribution in [-0.4, -0.2) is 9.97 Å². The van der Waals surface area contributed by atoms with Crippen LogP contribution in [0.5, 0.6) is 0 Å². The molecule has 42 heavy (non-hydrogen) atoms. The minimum atomic E-state index is 0.0392. The van der Waals surface area contributed by atoms with Crippen LogP contribution in [0, 0.1) is 6.92 Å². The zero-order valence-corrected chi connectivity index (χ0v) is 24.5. The van der Waals surface area contributed by atoms with Gasteiger partial charge in [0.05, 0.1) is 22.8 Å². The van der Waals surface area contributed by atoms with Crippen molar-refractivity contribution in [3.8, 4) is 44.8 Å². The molecular formula is C39H33N3. The Morgan fingerprint density at radius 1 is 0.524 bits per heavy atom. The van der Waals surface area contributed by atoms with Gasteiger partial charge in [0.15, 0.2) is 0 Å². The average Bonchev–Trinajstić information content (AvgIpc) is 3.13. The summed E-state index contributed by atoms with van der Waals surface area (Å²) in [6.45, 7) is 8.84. The van der Waals surface area contributed by atoms with Crippen molar-refractivity contribution in [3.63, 3.8) is 0 Å². The number of pyridine rings is 2. The van der Waals surface area contributed by atoms with Gasteiger partial charge in [-0.3, -0.25) is 9.97 Å². The first-order chi connectivity index (χ1) is 20.4. The minimum Gasteiger partial charge on any atom is -0.309 e. The van der Waals surface area contributed by atoms with Gasteiger partial charge in [-0.05, 0) is 83.1 Å². The van der Waals surface area contributed by atoms with Crippen LogP contribution in [-0.2, 0) is 5.41 Å². The monoisotopic (exact) mass is 543 g/mol. The lowest BCUT2D eigenvalue weighted by Crippen LogP contribution is -2.12. The molecule has 0 aliphatic carbocycles. The van der Waals surface area contributed by atoms with Gasteiger partial charge in [0.2, 0.25) is 0 Å². The van der Waals surface area contributed by atoms with E-state index in [0.29, 0.717) is 0 Å². The molecule has 7 rings (SSSR count). The number of aryl methyl sites for hydroxylation is 1. The van der Waals surface area contributed by atoms with E-state index in [9.17, 15) is 0 Å². The molecule has 204 valence electrons. The highest BCUT2D eigenvalue weighted by Crippen LogP contribution is 2.51. The van der Waals surface area contributed by atoms with Crippen LogP contribution in [0.25, 0.3) is 44.8 Å². The summed E-state index contributed by atoms with van der Waals surface area (Å²) in [5, 5.41) is 0. The third-order valence-electron chi connectivity index (χ3n) is 8.13. The SMILES string of the molecule is Cc1ccnc(-c2cccc(N3c4ccccc4-c4ccccc4-c4ccc(-c5cc(C(C)(C)C)ccn5)cc43)c2)c1. The number of hydrogen-bond donors (Lipinski definition) is 0. The lowest BCUT2D eigenvalue weighted by atomic mass is 9.86. The summed E-state index contributed by atoms with van der Waals surface area (Å²) in [5.41, 5.74) is 14.9. The van der Waals surface area contributed by atoms with Crippen LogP contribution in [0.4, 0.5) is 17.1 Å². The molecule has 0 saturated carbocycles. The molecular weight excluding hydrogens is 510 g/mol. The van der Waals surface area contributed by atoms with E-state index >= 15 is 0 Å². The van der Waals surface area contributed by atoms with Gasteiger partial charge in [-0.2, -0.15) is 0 Å². The van der Waals surface area contributed by atoms with Crippen LogP contribution in [0.1, 0.15) is 31.9 Å². The normalized spacial score (nSPS) is 12.2. The highest BCUT2D eigenvalue weighted by Gasteiger charge is 2.27. The summed E-state index contributed by atoms with van der Waals surface area (Å²) < 4.78 is 0. The van der Waals surface area contributed by atoms with Gasteiger partial charge in [-0.15, -0.1) is 0 Å². The topological polar surface area (TPSA) is 29.0 Å². The predicted molar refractivity (Wildman–Crippen MR) is 175 cm³/mol.